The third-order valence-electron chi connectivity index (χ3n) is 2.16. The van der Waals surface area contributed by atoms with Crippen molar-refractivity contribution in [2.24, 2.45) is 5.73 Å². The van der Waals surface area contributed by atoms with Gasteiger partial charge in [0.05, 0.1) is 0 Å². The molecule has 106 valence electrons. The van der Waals surface area contributed by atoms with Crippen LogP contribution in [-0.4, -0.2) is 23.0 Å². The summed E-state index contributed by atoms with van der Waals surface area (Å²) in [6.07, 6.45) is -4.66. The van der Waals surface area contributed by atoms with E-state index in [9.17, 15) is 22.8 Å². The second-order valence-corrected chi connectivity index (χ2v) is 4.78. The number of pyridine rings is 1. The molecule has 0 aromatic carbocycles. The Morgan fingerprint density at radius 3 is 2.37 bits per heavy atom. The molecule has 1 rings (SSSR count). The summed E-state index contributed by atoms with van der Waals surface area (Å²) in [6, 6.07) is 1.48. The zero-order chi connectivity index (χ0) is 14.8. The van der Waals surface area contributed by atoms with Crippen molar-refractivity contribution >= 4 is 5.91 Å². The fraction of sp³-hybridized carbons (Fsp3) is 0.455. The van der Waals surface area contributed by atoms with E-state index in [1.165, 1.54) is 0 Å². The van der Waals surface area contributed by atoms with Crippen molar-refractivity contribution in [2.45, 2.75) is 25.6 Å². The number of halogens is 3. The molecule has 8 heteroatoms. The van der Waals surface area contributed by atoms with Crippen LogP contribution in [0.4, 0.5) is 13.2 Å². The van der Waals surface area contributed by atoms with Crippen LogP contribution in [0.3, 0.4) is 0 Å². The average Bonchev–Trinajstić information content (AvgIpc) is 2.23. The number of aromatic nitrogens is 1. The van der Waals surface area contributed by atoms with Crippen molar-refractivity contribution in [2.75, 3.05) is 6.54 Å². The topological polar surface area (TPSA) is 88.0 Å². The van der Waals surface area contributed by atoms with Crippen LogP contribution < -0.4 is 16.6 Å². The van der Waals surface area contributed by atoms with Gasteiger partial charge < -0.3 is 16.0 Å². The molecule has 0 unspecified atom stereocenters. The number of nitrogens with one attached hydrogen (secondary N) is 2. The number of rotatable bonds is 3. The Labute approximate surface area is 107 Å². The quantitative estimate of drug-likeness (QED) is 0.765. The van der Waals surface area contributed by atoms with Crippen LogP contribution in [0.25, 0.3) is 0 Å². The lowest BCUT2D eigenvalue weighted by atomic mass is 10.1. The zero-order valence-corrected chi connectivity index (χ0v) is 10.4. The molecule has 1 heterocycles. The Hall–Kier alpha value is -1.83. The minimum absolute atomic E-state index is 0.0896. The summed E-state index contributed by atoms with van der Waals surface area (Å²) in [5.41, 5.74) is 2.26. The molecule has 0 fully saturated rings. The molecule has 1 amide bonds. The highest BCUT2D eigenvalue weighted by Gasteiger charge is 2.32. The van der Waals surface area contributed by atoms with Crippen LogP contribution in [-0.2, 0) is 6.18 Å². The van der Waals surface area contributed by atoms with Crippen LogP contribution in [0, 0.1) is 0 Å². The van der Waals surface area contributed by atoms with E-state index in [-0.39, 0.29) is 6.54 Å². The predicted molar refractivity (Wildman–Crippen MR) is 62.7 cm³/mol. The number of aromatic amines is 1. The van der Waals surface area contributed by atoms with Gasteiger partial charge in [-0.2, -0.15) is 13.2 Å². The van der Waals surface area contributed by atoms with E-state index in [0.717, 1.165) is 6.07 Å². The fourth-order valence-corrected chi connectivity index (χ4v) is 1.22. The molecular weight excluding hydrogens is 263 g/mol. The van der Waals surface area contributed by atoms with Gasteiger partial charge in [-0.3, -0.25) is 9.59 Å². The number of hydrogen-bond donors (Lipinski definition) is 3. The number of alkyl halides is 3. The van der Waals surface area contributed by atoms with Crippen LogP contribution in [0.15, 0.2) is 16.9 Å². The van der Waals surface area contributed by atoms with Gasteiger partial charge in [-0.05, 0) is 26.0 Å². The number of amides is 1. The molecule has 0 atom stereocenters. The summed E-state index contributed by atoms with van der Waals surface area (Å²) in [5.74, 6) is -0.770. The maximum absolute atomic E-state index is 12.3. The lowest BCUT2D eigenvalue weighted by Crippen LogP contribution is -2.46. The molecule has 1 aromatic heterocycles. The van der Waals surface area contributed by atoms with E-state index in [2.05, 4.69) is 5.32 Å². The van der Waals surface area contributed by atoms with Crippen LogP contribution in [0.5, 0.6) is 0 Å². The molecule has 4 N–H and O–H groups in total. The summed E-state index contributed by atoms with van der Waals surface area (Å²) in [6.45, 7) is 3.40. The van der Waals surface area contributed by atoms with Crippen molar-refractivity contribution in [3.63, 3.8) is 0 Å². The number of H-pyrrole nitrogens is 1. The molecule has 5 nitrogen and oxygen atoms in total. The van der Waals surface area contributed by atoms with Crippen molar-refractivity contribution in [1.82, 2.24) is 10.3 Å². The molecule has 1 aromatic rings. The van der Waals surface area contributed by atoms with Gasteiger partial charge in [0.25, 0.3) is 11.5 Å². The summed E-state index contributed by atoms with van der Waals surface area (Å²) < 4.78 is 37.0. The van der Waals surface area contributed by atoms with E-state index in [1.807, 2.05) is 0 Å². The second-order valence-electron chi connectivity index (χ2n) is 4.78. The van der Waals surface area contributed by atoms with E-state index in [1.54, 1.807) is 18.8 Å². The van der Waals surface area contributed by atoms with Gasteiger partial charge in [-0.15, -0.1) is 0 Å². The second kappa shape index (κ2) is 5.04. The number of nitrogens with two attached hydrogens (primary N) is 1. The van der Waals surface area contributed by atoms with Gasteiger partial charge in [-0.1, -0.05) is 0 Å². The average molecular weight is 277 g/mol. The minimum Gasteiger partial charge on any atom is -0.350 e. The molecule has 0 aliphatic heterocycles. The summed E-state index contributed by atoms with van der Waals surface area (Å²) in [7, 11) is 0. The maximum atomic E-state index is 12.3. The number of carbonyl (C=O) groups is 1. The Kier molecular flexibility index (Phi) is 4.04. The molecule has 0 saturated heterocycles. The highest BCUT2D eigenvalue weighted by molar-refractivity contribution is 5.93. The van der Waals surface area contributed by atoms with E-state index < -0.39 is 34.4 Å². The molecular formula is C11H14F3N3O2. The SMILES string of the molecule is CC(C)(N)CNC(=O)c1ccc(C(F)(F)F)[nH]c1=O. The van der Waals surface area contributed by atoms with Crippen molar-refractivity contribution in [3.05, 3.63) is 33.7 Å². The Morgan fingerprint density at radius 2 is 1.95 bits per heavy atom. The molecule has 0 aliphatic carbocycles. The maximum Gasteiger partial charge on any atom is 0.431 e. The first kappa shape index (κ1) is 15.2. The van der Waals surface area contributed by atoms with Crippen molar-refractivity contribution in [1.29, 1.82) is 0 Å². The van der Waals surface area contributed by atoms with Crippen LogP contribution >= 0.6 is 0 Å². The van der Waals surface area contributed by atoms with Crippen LogP contribution in [0.2, 0.25) is 0 Å². The Morgan fingerprint density at radius 1 is 1.37 bits per heavy atom. The summed E-state index contributed by atoms with van der Waals surface area (Å²) >= 11 is 0. The molecule has 0 bridgehead atoms. The predicted octanol–water partition coefficient (Wildman–Crippen LogP) is 0.861. The molecule has 19 heavy (non-hydrogen) atoms. The van der Waals surface area contributed by atoms with Gasteiger partial charge in [0.1, 0.15) is 11.3 Å². The van der Waals surface area contributed by atoms with Gasteiger partial charge in [0.15, 0.2) is 0 Å². The Bertz CT molecular complexity index is 529. The molecule has 0 spiro atoms. The van der Waals surface area contributed by atoms with E-state index in [4.69, 9.17) is 5.73 Å². The first-order valence-corrected chi connectivity index (χ1v) is 5.38. The zero-order valence-electron chi connectivity index (χ0n) is 10.4. The third-order valence-corrected chi connectivity index (χ3v) is 2.16. The van der Waals surface area contributed by atoms with Crippen molar-refractivity contribution < 1.29 is 18.0 Å². The third kappa shape index (κ3) is 4.40. The van der Waals surface area contributed by atoms with Crippen molar-refractivity contribution in [3.8, 4) is 0 Å². The molecule has 0 saturated carbocycles. The smallest absolute Gasteiger partial charge is 0.350 e. The normalized spacial score (nSPS) is 12.3. The number of hydrogen-bond acceptors (Lipinski definition) is 3. The summed E-state index contributed by atoms with van der Waals surface area (Å²) in [4.78, 5) is 24.6. The summed E-state index contributed by atoms with van der Waals surface area (Å²) in [5, 5.41) is 2.37. The Balaban J connectivity index is 2.92. The largest absolute Gasteiger partial charge is 0.431 e. The van der Waals surface area contributed by atoms with E-state index in [0.29, 0.717) is 6.07 Å². The number of carbonyl (C=O) groups excluding carboxylic acids is 1. The first-order valence-electron chi connectivity index (χ1n) is 5.38. The fourth-order valence-electron chi connectivity index (χ4n) is 1.22. The minimum atomic E-state index is -4.66. The highest BCUT2D eigenvalue weighted by Crippen LogP contribution is 2.26. The molecule has 0 aliphatic rings. The lowest BCUT2D eigenvalue weighted by molar-refractivity contribution is -0.141. The van der Waals surface area contributed by atoms with Gasteiger partial charge >= 0.3 is 6.18 Å². The molecule has 0 radical (unpaired) electrons. The monoisotopic (exact) mass is 277 g/mol. The van der Waals surface area contributed by atoms with E-state index >= 15 is 0 Å². The van der Waals surface area contributed by atoms with Gasteiger partial charge in [0.2, 0.25) is 0 Å². The first-order chi connectivity index (χ1) is 8.50. The lowest BCUT2D eigenvalue weighted by Gasteiger charge is -2.18. The standard InChI is InChI=1S/C11H14F3N3O2/c1-10(2,15)5-16-8(18)6-3-4-7(11(12,13)14)17-9(6)19/h3-4H,5,15H2,1-2H3,(H,16,18)(H,17,19). The highest BCUT2D eigenvalue weighted by atomic mass is 19.4. The van der Waals surface area contributed by atoms with Gasteiger partial charge in [-0.25, -0.2) is 0 Å². The van der Waals surface area contributed by atoms with Gasteiger partial charge in [0, 0.05) is 12.1 Å². The van der Waals surface area contributed by atoms with Crippen LogP contribution in [0.1, 0.15) is 29.9 Å².